The molecule has 2 aliphatic heterocycles. The minimum atomic E-state index is -5.04. The number of hydroxylamine groups is 2. The van der Waals surface area contributed by atoms with Crippen molar-refractivity contribution in [1.29, 1.82) is 0 Å². The lowest BCUT2D eigenvalue weighted by atomic mass is 9.94. The van der Waals surface area contributed by atoms with Crippen LogP contribution in [0.25, 0.3) is 0 Å². The number of carbonyl (C=O) groups excluding carboxylic acids is 2. The van der Waals surface area contributed by atoms with Gasteiger partial charge in [-0.05, 0) is 12.1 Å². The van der Waals surface area contributed by atoms with Crippen LogP contribution in [0.3, 0.4) is 0 Å². The molecule has 0 aliphatic carbocycles. The number of aromatic nitrogens is 3. The van der Waals surface area contributed by atoms with E-state index < -0.39 is 40.4 Å². The van der Waals surface area contributed by atoms with Crippen molar-refractivity contribution < 1.29 is 41.5 Å². The van der Waals surface area contributed by atoms with Crippen molar-refractivity contribution in [3.8, 4) is 5.75 Å². The normalized spacial score (nSPS) is 19.2. The van der Waals surface area contributed by atoms with Gasteiger partial charge in [-0.1, -0.05) is 0 Å². The van der Waals surface area contributed by atoms with Gasteiger partial charge in [-0.2, -0.15) is 18.6 Å². The second-order valence-electron chi connectivity index (χ2n) is 7.76. The molecule has 2 aliphatic rings. The number of pyridine rings is 1. The van der Waals surface area contributed by atoms with E-state index in [0.717, 1.165) is 4.90 Å². The monoisotopic (exact) mass is 496 g/mol. The van der Waals surface area contributed by atoms with Crippen molar-refractivity contribution in [3.05, 3.63) is 41.0 Å². The van der Waals surface area contributed by atoms with E-state index in [-0.39, 0.29) is 30.3 Å². The Morgan fingerprint density at radius 3 is 2.56 bits per heavy atom. The topological polar surface area (TPSA) is 185 Å². The molecule has 15 nitrogen and oxygen atoms in total. The standard InChI is InChI=1S/C18H20N6O9S/c1-21(2)16(25)15-14-13(12-7-23(15)18(28)24(12)33-34(29,30)31)11(20-22(14)3)8-32-9-4-5-10(17(26)27)19-6-9/h4-6,12,15H,7-8H2,1-3H3,(H,26,27)(H,29,30,31). The second-order valence-corrected chi connectivity index (χ2v) is 8.76. The number of carboxylic acids is 1. The number of carbonyl (C=O) groups is 3. The molecule has 2 bridgehead atoms. The summed E-state index contributed by atoms with van der Waals surface area (Å²) in [6.45, 7) is -0.274. The third-order valence-corrected chi connectivity index (χ3v) is 5.73. The van der Waals surface area contributed by atoms with Gasteiger partial charge in [0.1, 0.15) is 29.8 Å². The van der Waals surface area contributed by atoms with Gasteiger partial charge < -0.3 is 19.6 Å². The van der Waals surface area contributed by atoms with Crippen LogP contribution in [0.4, 0.5) is 4.79 Å². The molecule has 2 aromatic rings. The van der Waals surface area contributed by atoms with Gasteiger partial charge in [0.2, 0.25) is 0 Å². The van der Waals surface area contributed by atoms with Crippen molar-refractivity contribution >= 4 is 28.3 Å². The summed E-state index contributed by atoms with van der Waals surface area (Å²) < 4.78 is 43.6. The number of amides is 3. The molecule has 2 aromatic heterocycles. The highest BCUT2D eigenvalue weighted by molar-refractivity contribution is 7.80. The summed E-state index contributed by atoms with van der Waals surface area (Å²) in [5, 5.41) is 13.8. The third kappa shape index (κ3) is 4.02. The summed E-state index contributed by atoms with van der Waals surface area (Å²) in [6.07, 6.45) is 1.21. The number of urea groups is 1. The average molecular weight is 496 g/mol. The molecule has 1 fully saturated rings. The van der Waals surface area contributed by atoms with Gasteiger partial charge in [0, 0.05) is 26.7 Å². The fourth-order valence-corrected chi connectivity index (χ4v) is 4.37. The Morgan fingerprint density at radius 2 is 2.00 bits per heavy atom. The summed E-state index contributed by atoms with van der Waals surface area (Å²) >= 11 is 0. The van der Waals surface area contributed by atoms with E-state index in [0.29, 0.717) is 16.3 Å². The first-order chi connectivity index (χ1) is 15.9. The predicted octanol–water partition coefficient (Wildman–Crippen LogP) is -0.252. The molecular weight excluding hydrogens is 476 g/mol. The summed E-state index contributed by atoms with van der Waals surface area (Å²) in [4.78, 5) is 43.1. The number of hydrogen-bond donors (Lipinski definition) is 2. The highest BCUT2D eigenvalue weighted by Crippen LogP contribution is 2.46. The minimum absolute atomic E-state index is 0.0981. The number of nitrogens with zero attached hydrogens (tertiary/aromatic N) is 6. The number of carboxylic acid groups (broad SMARTS) is 1. The van der Waals surface area contributed by atoms with E-state index in [2.05, 4.69) is 14.4 Å². The molecule has 0 saturated carbocycles. The zero-order chi connectivity index (χ0) is 24.9. The number of rotatable bonds is 7. The Labute approximate surface area is 193 Å². The Balaban J connectivity index is 1.73. The summed E-state index contributed by atoms with van der Waals surface area (Å²) in [5.41, 5.74) is 0.779. The number of fused-ring (bicyclic) bond motifs is 4. The average Bonchev–Trinajstić information content (AvgIpc) is 3.22. The maximum absolute atomic E-state index is 13.0. The minimum Gasteiger partial charge on any atom is -0.486 e. The van der Waals surface area contributed by atoms with Gasteiger partial charge in [-0.25, -0.2) is 14.6 Å². The van der Waals surface area contributed by atoms with Crippen molar-refractivity contribution in [2.45, 2.75) is 18.7 Å². The smallest absolute Gasteiger partial charge is 0.418 e. The molecule has 0 radical (unpaired) electrons. The zero-order valence-electron chi connectivity index (χ0n) is 18.1. The molecule has 1 saturated heterocycles. The van der Waals surface area contributed by atoms with E-state index >= 15 is 0 Å². The number of aromatic carboxylic acids is 1. The van der Waals surface area contributed by atoms with Crippen molar-refractivity contribution in [2.24, 2.45) is 7.05 Å². The number of hydrogen-bond acceptors (Lipinski definition) is 9. The molecule has 34 heavy (non-hydrogen) atoms. The number of ether oxygens (including phenoxy) is 1. The number of aryl methyl sites for hydroxylation is 1. The zero-order valence-corrected chi connectivity index (χ0v) is 19.0. The van der Waals surface area contributed by atoms with Gasteiger partial charge in [-0.15, -0.1) is 4.28 Å². The lowest BCUT2D eigenvalue weighted by Crippen LogP contribution is -2.44. The van der Waals surface area contributed by atoms with Crippen LogP contribution in [0.2, 0.25) is 0 Å². The molecule has 4 rings (SSSR count). The van der Waals surface area contributed by atoms with Gasteiger partial charge in [0.05, 0.1) is 18.4 Å². The fraction of sp³-hybridized carbons (Fsp3) is 0.389. The van der Waals surface area contributed by atoms with Crippen LogP contribution in [0.1, 0.15) is 39.5 Å². The molecule has 2 unspecified atom stereocenters. The Morgan fingerprint density at radius 1 is 1.29 bits per heavy atom. The summed E-state index contributed by atoms with van der Waals surface area (Å²) in [5.74, 6) is -1.42. The Hall–Kier alpha value is -3.76. The molecule has 4 heterocycles. The summed E-state index contributed by atoms with van der Waals surface area (Å²) in [7, 11) is -0.460. The van der Waals surface area contributed by atoms with Crippen molar-refractivity contribution in [3.63, 3.8) is 0 Å². The van der Waals surface area contributed by atoms with Gasteiger partial charge in [-0.3, -0.25) is 14.0 Å². The van der Waals surface area contributed by atoms with E-state index in [4.69, 9.17) is 9.84 Å². The predicted molar refractivity (Wildman–Crippen MR) is 109 cm³/mol. The summed E-state index contributed by atoms with van der Waals surface area (Å²) in [6, 6.07) is -0.382. The van der Waals surface area contributed by atoms with Crippen LogP contribution < -0.4 is 4.74 Å². The van der Waals surface area contributed by atoms with Crippen LogP contribution in [0.5, 0.6) is 5.75 Å². The van der Waals surface area contributed by atoms with E-state index in [9.17, 15) is 27.4 Å². The molecule has 0 spiro atoms. The molecular formula is C18H20N6O9S. The van der Waals surface area contributed by atoms with E-state index in [1.807, 2.05) is 0 Å². The lowest BCUT2D eigenvalue weighted by molar-refractivity contribution is -0.134. The second kappa shape index (κ2) is 8.23. The maximum Gasteiger partial charge on any atom is 0.418 e. The quantitative estimate of drug-likeness (QED) is 0.482. The molecule has 2 N–H and O–H groups in total. The van der Waals surface area contributed by atoms with Crippen LogP contribution >= 0.6 is 0 Å². The molecule has 182 valence electrons. The highest BCUT2D eigenvalue weighted by Gasteiger charge is 2.55. The van der Waals surface area contributed by atoms with E-state index in [1.165, 1.54) is 42.0 Å². The first-order valence-corrected chi connectivity index (χ1v) is 11.1. The fourth-order valence-electron chi connectivity index (χ4n) is 4.00. The van der Waals surface area contributed by atoms with Gasteiger partial charge >= 0.3 is 22.4 Å². The molecule has 2 atom stereocenters. The number of likely N-dealkylation sites (N-methyl/N-ethyl adjacent to an activating group) is 1. The van der Waals surface area contributed by atoms with Crippen LogP contribution in [0.15, 0.2) is 18.3 Å². The van der Waals surface area contributed by atoms with Crippen LogP contribution in [-0.2, 0) is 33.1 Å². The van der Waals surface area contributed by atoms with Crippen molar-refractivity contribution in [2.75, 3.05) is 20.6 Å². The maximum atomic E-state index is 13.0. The first-order valence-electron chi connectivity index (χ1n) is 9.75. The molecule has 16 heteroatoms. The molecule has 3 amide bonds. The largest absolute Gasteiger partial charge is 0.486 e. The first kappa shape index (κ1) is 23.4. The van der Waals surface area contributed by atoms with Crippen LogP contribution in [-0.4, -0.2) is 86.3 Å². The van der Waals surface area contributed by atoms with E-state index in [1.54, 1.807) is 7.05 Å². The third-order valence-electron chi connectivity index (χ3n) is 5.38. The Kier molecular flexibility index (Phi) is 5.66. The lowest BCUT2D eigenvalue weighted by Gasteiger charge is -2.32. The highest BCUT2D eigenvalue weighted by atomic mass is 32.3. The van der Waals surface area contributed by atoms with Gasteiger partial charge in [0.15, 0.2) is 6.04 Å². The molecule has 0 aromatic carbocycles. The van der Waals surface area contributed by atoms with Gasteiger partial charge in [0.25, 0.3) is 5.91 Å². The van der Waals surface area contributed by atoms with Crippen molar-refractivity contribution in [1.82, 2.24) is 29.6 Å². The van der Waals surface area contributed by atoms with Crippen LogP contribution in [0, 0.1) is 0 Å². The SMILES string of the molecule is CN(C)C(=O)C1c2c(c(COc3ccc(C(=O)O)nc3)nn2C)C2CN1C(=O)N2OS(=O)(=O)O. The Bertz CT molecular complexity index is 1270.